The van der Waals surface area contributed by atoms with Crippen LogP contribution >= 0.6 is 35.1 Å². The highest BCUT2D eigenvalue weighted by molar-refractivity contribution is 8.14. The van der Waals surface area contributed by atoms with E-state index < -0.39 is 0 Å². The molecular formula is C10H10ClNS2. The van der Waals surface area contributed by atoms with Crippen molar-refractivity contribution in [2.75, 3.05) is 18.6 Å². The lowest BCUT2D eigenvalue weighted by atomic mass is 10.2. The van der Waals surface area contributed by atoms with Crippen LogP contribution in [-0.2, 0) is 0 Å². The molecule has 1 aromatic rings. The third kappa shape index (κ3) is 2.10. The molecule has 1 heterocycles. The summed E-state index contributed by atoms with van der Waals surface area (Å²) in [6.45, 7) is 0.896. The van der Waals surface area contributed by atoms with Gasteiger partial charge in [-0.2, -0.15) is 0 Å². The number of halogens is 1. The SMILES string of the molecule is CSC1=NCCSc2ccc(Cl)cc21. The van der Waals surface area contributed by atoms with Crippen LogP contribution in [0.1, 0.15) is 5.56 Å². The van der Waals surface area contributed by atoms with E-state index in [0.717, 1.165) is 22.4 Å². The minimum Gasteiger partial charge on any atom is -0.277 e. The third-order valence-electron chi connectivity index (χ3n) is 1.97. The fourth-order valence-corrected chi connectivity index (χ4v) is 3.08. The molecule has 0 atom stereocenters. The molecule has 1 aromatic carbocycles. The van der Waals surface area contributed by atoms with Crippen molar-refractivity contribution in [1.82, 2.24) is 0 Å². The minimum atomic E-state index is 0.785. The van der Waals surface area contributed by atoms with Gasteiger partial charge in [0.1, 0.15) is 0 Å². The molecule has 4 heteroatoms. The molecule has 0 aromatic heterocycles. The molecular weight excluding hydrogens is 234 g/mol. The highest BCUT2D eigenvalue weighted by atomic mass is 35.5. The predicted molar refractivity (Wildman–Crippen MR) is 67.1 cm³/mol. The lowest BCUT2D eigenvalue weighted by molar-refractivity contribution is 1.16. The zero-order valence-corrected chi connectivity index (χ0v) is 10.2. The number of benzene rings is 1. The lowest BCUT2D eigenvalue weighted by Gasteiger charge is -2.06. The van der Waals surface area contributed by atoms with Gasteiger partial charge < -0.3 is 0 Å². The molecule has 1 aliphatic rings. The molecule has 0 spiro atoms. The van der Waals surface area contributed by atoms with Gasteiger partial charge in [0.2, 0.25) is 0 Å². The van der Waals surface area contributed by atoms with E-state index in [1.165, 1.54) is 10.5 Å². The number of hydrogen-bond acceptors (Lipinski definition) is 3. The molecule has 2 rings (SSSR count). The normalized spacial score (nSPS) is 15.7. The number of fused-ring (bicyclic) bond motifs is 1. The van der Waals surface area contributed by atoms with Crippen LogP contribution in [0.15, 0.2) is 28.1 Å². The minimum absolute atomic E-state index is 0.785. The molecule has 0 radical (unpaired) electrons. The van der Waals surface area contributed by atoms with Gasteiger partial charge in [-0.25, -0.2) is 0 Å². The fourth-order valence-electron chi connectivity index (χ4n) is 1.36. The molecule has 0 bridgehead atoms. The second kappa shape index (κ2) is 4.60. The van der Waals surface area contributed by atoms with Crippen molar-refractivity contribution in [3.63, 3.8) is 0 Å². The number of thioether (sulfide) groups is 2. The van der Waals surface area contributed by atoms with Crippen LogP contribution in [0.25, 0.3) is 0 Å². The van der Waals surface area contributed by atoms with Crippen molar-refractivity contribution >= 4 is 40.2 Å². The van der Waals surface area contributed by atoms with Crippen LogP contribution in [-0.4, -0.2) is 23.6 Å². The van der Waals surface area contributed by atoms with Gasteiger partial charge in [-0.1, -0.05) is 11.6 Å². The summed E-state index contributed by atoms with van der Waals surface area (Å²) in [6.07, 6.45) is 2.06. The van der Waals surface area contributed by atoms with Crippen molar-refractivity contribution in [1.29, 1.82) is 0 Å². The van der Waals surface area contributed by atoms with E-state index in [9.17, 15) is 0 Å². The Hall–Kier alpha value is -0.120. The first-order chi connectivity index (χ1) is 6.81. The van der Waals surface area contributed by atoms with E-state index in [0.29, 0.717) is 0 Å². The number of hydrogen-bond donors (Lipinski definition) is 0. The van der Waals surface area contributed by atoms with Crippen LogP contribution in [0, 0.1) is 0 Å². The molecule has 0 aliphatic carbocycles. The molecule has 0 saturated carbocycles. The molecule has 0 amide bonds. The van der Waals surface area contributed by atoms with Crippen LogP contribution < -0.4 is 0 Å². The maximum atomic E-state index is 5.98. The van der Waals surface area contributed by atoms with Crippen LogP contribution in [0.2, 0.25) is 5.02 Å². The highest BCUT2D eigenvalue weighted by Crippen LogP contribution is 2.30. The zero-order valence-electron chi connectivity index (χ0n) is 7.79. The molecule has 14 heavy (non-hydrogen) atoms. The smallest absolute Gasteiger partial charge is 0.0986 e. The van der Waals surface area contributed by atoms with Crippen molar-refractivity contribution in [3.05, 3.63) is 28.8 Å². The second-order valence-electron chi connectivity index (χ2n) is 2.88. The maximum Gasteiger partial charge on any atom is 0.0986 e. The Labute approximate surface area is 97.3 Å². The monoisotopic (exact) mass is 243 g/mol. The van der Waals surface area contributed by atoms with Gasteiger partial charge in [0.25, 0.3) is 0 Å². The summed E-state index contributed by atoms with van der Waals surface area (Å²) in [5.74, 6) is 1.05. The van der Waals surface area contributed by atoms with Crippen LogP contribution in [0.5, 0.6) is 0 Å². The topological polar surface area (TPSA) is 12.4 Å². The number of rotatable bonds is 0. The average molecular weight is 244 g/mol. The first-order valence-electron chi connectivity index (χ1n) is 4.32. The Morgan fingerprint density at radius 3 is 3.14 bits per heavy atom. The number of nitrogens with zero attached hydrogens (tertiary/aromatic N) is 1. The van der Waals surface area contributed by atoms with E-state index >= 15 is 0 Å². The summed E-state index contributed by atoms with van der Waals surface area (Å²) in [5, 5.41) is 1.89. The second-order valence-corrected chi connectivity index (χ2v) is 5.25. The van der Waals surface area contributed by atoms with E-state index in [-0.39, 0.29) is 0 Å². The molecule has 0 N–H and O–H groups in total. The average Bonchev–Trinajstić information content (AvgIpc) is 2.39. The molecule has 0 unspecified atom stereocenters. The predicted octanol–water partition coefficient (Wildman–Crippen LogP) is 3.56. The third-order valence-corrected chi connectivity index (χ3v) is 3.99. The molecule has 1 nitrogen and oxygen atoms in total. The van der Waals surface area contributed by atoms with Crippen LogP contribution in [0.3, 0.4) is 0 Å². The van der Waals surface area contributed by atoms with E-state index in [1.54, 1.807) is 11.8 Å². The summed E-state index contributed by atoms with van der Waals surface area (Å²) in [7, 11) is 0. The van der Waals surface area contributed by atoms with Crippen molar-refractivity contribution in [2.45, 2.75) is 4.90 Å². The molecule has 0 fully saturated rings. The van der Waals surface area contributed by atoms with Gasteiger partial charge in [0, 0.05) is 27.8 Å². The Morgan fingerprint density at radius 1 is 1.50 bits per heavy atom. The van der Waals surface area contributed by atoms with Gasteiger partial charge in [0.05, 0.1) is 5.04 Å². The Bertz CT molecular complexity index is 376. The standard InChI is InChI=1S/C10H10ClNS2/c1-13-10-8-6-7(11)2-3-9(8)14-5-4-12-10/h2-3,6H,4-5H2,1H3. The van der Waals surface area contributed by atoms with Crippen molar-refractivity contribution < 1.29 is 0 Å². The van der Waals surface area contributed by atoms with Gasteiger partial charge in [-0.15, -0.1) is 23.5 Å². The van der Waals surface area contributed by atoms with E-state index in [2.05, 4.69) is 17.3 Å². The fraction of sp³-hybridized carbons (Fsp3) is 0.300. The molecule has 74 valence electrons. The Balaban J connectivity index is 2.51. The van der Waals surface area contributed by atoms with E-state index in [1.807, 2.05) is 23.9 Å². The Kier molecular flexibility index (Phi) is 3.42. The van der Waals surface area contributed by atoms with Crippen LogP contribution in [0.4, 0.5) is 0 Å². The first kappa shape index (κ1) is 10.4. The summed E-state index contributed by atoms with van der Waals surface area (Å²) >= 11 is 9.52. The zero-order chi connectivity index (χ0) is 9.97. The summed E-state index contributed by atoms with van der Waals surface area (Å²) in [4.78, 5) is 5.82. The van der Waals surface area contributed by atoms with Gasteiger partial charge in [-0.3, -0.25) is 4.99 Å². The van der Waals surface area contributed by atoms with Gasteiger partial charge in [-0.05, 0) is 24.5 Å². The maximum absolute atomic E-state index is 5.98. The van der Waals surface area contributed by atoms with Gasteiger partial charge >= 0.3 is 0 Å². The van der Waals surface area contributed by atoms with Crippen molar-refractivity contribution in [2.24, 2.45) is 4.99 Å². The Morgan fingerprint density at radius 2 is 2.36 bits per heavy atom. The lowest BCUT2D eigenvalue weighted by Crippen LogP contribution is -1.96. The van der Waals surface area contributed by atoms with Crippen molar-refractivity contribution in [3.8, 4) is 0 Å². The van der Waals surface area contributed by atoms with E-state index in [4.69, 9.17) is 11.6 Å². The highest BCUT2D eigenvalue weighted by Gasteiger charge is 2.12. The summed E-state index contributed by atoms with van der Waals surface area (Å²) in [5.41, 5.74) is 1.19. The first-order valence-corrected chi connectivity index (χ1v) is 6.91. The number of aliphatic imine (C=N–C) groups is 1. The quantitative estimate of drug-likeness (QED) is 0.691. The molecule has 0 saturated heterocycles. The largest absolute Gasteiger partial charge is 0.277 e. The molecule has 1 aliphatic heterocycles. The van der Waals surface area contributed by atoms with Gasteiger partial charge in [0.15, 0.2) is 0 Å². The summed E-state index contributed by atoms with van der Waals surface area (Å²) < 4.78 is 0. The summed E-state index contributed by atoms with van der Waals surface area (Å²) in [6, 6.07) is 6.03.